The first-order valence-corrected chi connectivity index (χ1v) is 11.1. The molecule has 0 bridgehead atoms. The number of fused-ring (bicyclic) bond motifs is 2. The van der Waals surface area contributed by atoms with Crippen LogP contribution in [0.1, 0.15) is 54.0 Å². The van der Waals surface area contributed by atoms with Crippen molar-refractivity contribution in [3.8, 4) is 11.6 Å². The van der Waals surface area contributed by atoms with Crippen molar-refractivity contribution >= 4 is 11.5 Å². The van der Waals surface area contributed by atoms with Crippen LogP contribution in [0.3, 0.4) is 0 Å². The molecule has 6 rings (SSSR count). The van der Waals surface area contributed by atoms with Crippen molar-refractivity contribution < 1.29 is 4.42 Å². The minimum Gasteiger partial charge on any atom is -0.402 e. The SMILES string of the molecule is Cc1cccnc1-c1nnc(N2CCc3[nH]cnc3[C@H]2c2cc3c(C(C)C)cccn3n2)o1. The van der Waals surface area contributed by atoms with Crippen molar-refractivity contribution in [2.45, 2.75) is 39.2 Å². The molecule has 5 aromatic heterocycles. The Bertz CT molecular complexity index is 1450. The molecule has 0 amide bonds. The standard InChI is InChI=1S/C24H24N8O/c1-14(2)16-7-5-10-32-19(16)12-18(30-32)22-21-17(26-13-27-21)8-11-31(22)24-29-28-23(33-24)20-15(3)6-4-9-25-20/h4-7,9-10,12-14,22H,8,11H2,1-3H3,(H,26,27)/t22-/m1/s1. The molecule has 0 saturated heterocycles. The Labute approximate surface area is 190 Å². The zero-order valence-electron chi connectivity index (χ0n) is 18.7. The molecule has 9 heteroatoms. The van der Waals surface area contributed by atoms with Crippen molar-refractivity contribution in [3.05, 3.63) is 77.3 Å². The van der Waals surface area contributed by atoms with Crippen LogP contribution in [-0.2, 0) is 6.42 Å². The number of pyridine rings is 2. The number of aromatic nitrogens is 7. The van der Waals surface area contributed by atoms with Crippen molar-refractivity contribution in [2.75, 3.05) is 11.4 Å². The van der Waals surface area contributed by atoms with E-state index in [1.807, 2.05) is 35.8 Å². The molecular formula is C24H24N8O. The van der Waals surface area contributed by atoms with Crippen LogP contribution in [0.5, 0.6) is 0 Å². The second kappa shape index (κ2) is 7.54. The minimum absolute atomic E-state index is 0.238. The molecule has 0 aromatic carbocycles. The Balaban J connectivity index is 1.46. The number of nitrogens with zero attached hydrogens (tertiary/aromatic N) is 7. The Morgan fingerprint density at radius 3 is 2.91 bits per heavy atom. The molecule has 1 N–H and O–H groups in total. The van der Waals surface area contributed by atoms with Crippen LogP contribution >= 0.6 is 0 Å². The van der Waals surface area contributed by atoms with Gasteiger partial charge in [0.05, 0.1) is 23.2 Å². The second-order valence-corrected chi connectivity index (χ2v) is 8.69. The smallest absolute Gasteiger partial charge is 0.319 e. The van der Waals surface area contributed by atoms with Gasteiger partial charge in [-0.3, -0.25) is 4.98 Å². The first-order chi connectivity index (χ1) is 16.1. The van der Waals surface area contributed by atoms with Gasteiger partial charge >= 0.3 is 6.01 Å². The molecule has 166 valence electrons. The monoisotopic (exact) mass is 440 g/mol. The van der Waals surface area contributed by atoms with Gasteiger partial charge in [-0.1, -0.05) is 31.1 Å². The van der Waals surface area contributed by atoms with Gasteiger partial charge in [-0.2, -0.15) is 5.10 Å². The van der Waals surface area contributed by atoms with E-state index >= 15 is 0 Å². The van der Waals surface area contributed by atoms with Gasteiger partial charge < -0.3 is 14.3 Å². The third kappa shape index (κ3) is 3.19. The van der Waals surface area contributed by atoms with Crippen LogP contribution in [0.15, 0.2) is 53.5 Å². The van der Waals surface area contributed by atoms with Gasteiger partial charge in [-0.15, -0.1) is 5.10 Å². The van der Waals surface area contributed by atoms with Gasteiger partial charge in [0.15, 0.2) is 0 Å². The fourth-order valence-corrected chi connectivity index (χ4v) is 4.60. The first kappa shape index (κ1) is 19.7. The summed E-state index contributed by atoms with van der Waals surface area (Å²) in [6.45, 7) is 7.07. The summed E-state index contributed by atoms with van der Waals surface area (Å²) in [5, 5.41) is 13.6. The Kier molecular flexibility index (Phi) is 4.49. The molecule has 0 aliphatic carbocycles. The zero-order valence-corrected chi connectivity index (χ0v) is 18.7. The summed E-state index contributed by atoms with van der Waals surface area (Å²) in [6, 6.07) is 10.4. The average molecular weight is 441 g/mol. The third-order valence-corrected chi connectivity index (χ3v) is 6.25. The lowest BCUT2D eigenvalue weighted by atomic mass is 9.99. The van der Waals surface area contributed by atoms with Crippen LogP contribution in [0.2, 0.25) is 0 Å². The number of aromatic amines is 1. The van der Waals surface area contributed by atoms with Crippen LogP contribution in [0, 0.1) is 6.92 Å². The van der Waals surface area contributed by atoms with Crippen molar-refractivity contribution in [1.29, 1.82) is 0 Å². The summed E-state index contributed by atoms with van der Waals surface area (Å²) in [4.78, 5) is 14.4. The average Bonchev–Trinajstić information content (AvgIpc) is 3.56. The van der Waals surface area contributed by atoms with Crippen LogP contribution in [0.4, 0.5) is 6.01 Å². The number of hydrogen-bond donors (Lipinski definition) is 1. The number of anilines is 1. The predicted molar refractivity (Wildman–Crippen MR) is 123 cm³/mol. The van der Waals surface area contributed by atoms with E-state index in [0.29, 0.717) is 30.1 Å². The summed E-state index contributed by atoms with van der Waals surface area (Å²) in [6.07, 6.45) is 6.26. The van der Waals surface area contributed by atoms with Crippen molar-refractivity contribution in [2.24, 2.45) is 0 Å². The number of H-pyrrole nitrogens is 1. The molecule has 0 saturated carbocycles. The Morgan fingerprint density at radius 2 is 2.06 bits per heavy atom. The van der Waals surface area contributed by atoms with Crippen molar-refractivity contribution in [3.63, 3.8) is 0 Å². The van der Waals surface area contributed by atoms with E-state index in [2.05, 4.69) is 56.0 Å². The van der Waals surface area contributed by atoms with Gasteiger partial charge in [-0.25, -0.2) is 9.50 Å². The molecule has 9 nitrogen and oxygen atoms in total. The second-order valence-electron chi connectivity index (χ2n) is 8.69. The molecule has 33 heavy (non-hydrogen) atoms. The van der Waals surface area contributed by atoms with Crippen LogP contribution in [-0.4, -0.2) is 41.3 Å². The quantitative estimate of drug-likeness (QED) is 0.449. The molecule has 1 atom stereocenters. The van der Waals surface area contributed by atoms with E-state index in [-0.39, 0.29) is 6.04 Å². The van der Waals surface area contributed by atoms with E-state index < -0.39 is 0 Å². The number of rotatable bonds is 4. The molecule has 0 spiro atoms. The zero-order chi connectivity index (χ0) is 22.5. The molecule has 0 radical (unpaired) electrons. The van der Waals surface area contributed by atoms with E-state index in [9.17, 15) is 0 Å². The van der Waals surface area contributed by atoms with Gasteiger partial charge in [0.25, 0.3) is 5.89 Å². The summed E-state index contributed by atoms with van der Waals surface area (Å²) in [5.74, 6) is 0.800. The fraction of sp³-hybridized carbons (Fsp3) is 0.292. The highest BCUT2D eigenvalue weighted by atomic mass is 16.4. The maximum absolute atomic E-state index is 6.14. The molecule has 0 unspecified atom stereocenters. The normalized spacial score (nSPS) is 16.0. The van der Waals surface area contributed by atoms with Crippen LogP contribution < -0.4 is 4.90 Å². The number of imidazole rings is 1. The van der Waals surface area contributed by atoms with Crippen LogP contribution in [0.25, 0.3) is 17.1 Å². The molecular weight excluding hydrogens is 416 g/mol. The fourth-order valence-electron chi connectivity index (χ4n) is 4.60. The molecule has 0 fully saturated rings. The molecule has 5 aromatic rings. The van der Waals surface area contributed by atoms with Crippen molar-refractivity contribution in [1.82, 2.24) is 34.8 Å². The van der Waals surface area contributed by atoms with E-state index in [1.165, 1.54) is 5.56 Å². The van der Waals surface area contributed by atoms with E-state index in [0.717, 1.165) is 34.6 Å². The summed E-state index contributed by atoms with van der Waals surface area (Å²) < 4.78 is 8.08. The number of hydrogen-bond acceptors (Lipinski definition) is 7. The minimum atomic E-state index is -0.238. The van der Waals surface area contributed by atoms with Gasteiger partial charge in [0.2, 0.25) is 0 Å². The first-order valence-electron chi connectivity index (χ1n) is 11.1. The largest absolute Gasteiger partial charge is 0.402 e. The summed E-state index contributed by atoms with van der Waals surface area (Å²) in [5.41, 5.74) is 6.97. The Morgan fingerprint density at radius 1 is 1.15 bits per heavy atom. The maximum Gasteiger partial charge on any atom is 0.319 e. The lowest BCUT2D eigenvalue weighted by molar-refractivity contribution is 0.502. The lowest BCUT2D eigenvalue weighted by Crippen LogP contribution is -2.36. The number of aryl methyl sites for hydroxylation is 1. The van der Waals surface area contributed by atoms with Gasteiger partial charge in [0.1, 0.15) is 11.7 Å². The van der Waals surface area contributed by atoms with E-state index in [1.54, 1.807) is 12.5 Å². The highest BCUT2D eigenvalue weighted by Gasteiger charge is 2.36. The topological polar surface area (TPSA) is 101 Å². The maximum atomic E-state index is 6.14. The highest BCUT2D eigenvalue weighted by Crippen LogP contribution is 2.37. The van der Waals surface area contributed by atoms with Gasteiger partial charge in [-0.05, 0) is 42.2 Å². The molecule has 1 aliphatic rings. The third-order valence-electron chi connectivity index (χ3n) is 6.25. The highest BCUT2D eigenvalue weighted by molar-refractivity contribution is 5.59. The lowest BCUT2D eigenvalue weighted by Gasteiger charge is -2.32. The summed E-state index contributed by atoms with van der Waals surface area (Å²) in [7, 11) is 0. The van der Waals surface area contributed by atoms with E-state index in [4.69, 9.17) is 9.52 Å². The molecule has 6 heterocycles. The number of nitrogens with one attached hydrogen (secondary N) is 1. The Hall–Kier alpha value is -4.01. The summed E-state index contributed by atoms with van der Waals surface area (Å²) >= 11 is 0. The predicted octanol–water partition coefficient (Wildman–Crippen LogP) is 4.09. The van der Waals surface area contributed by atoms with Gasteiger partial charge in [0, 0.05) is 31.1 Å². The molecule has 1 aliphatic heterocycles.